The van der Waals surface area contributed by atoms with Gasteiger partial charge in [-0.2, -0.15) is 0 Å². The van der Waals surface area contributed by atoms with Crippen molar-refractivity contribution in [3.63, 3.8) is 0 Å². The smallest absolute Gasteiger partial charge is 0.123 e. The van der Waals surface area contributed by atoms with E-state index in [1.807, 2.05) is 18.2 Å². The fourth-order valence-electron chi connectivity index (χ4n) is 4.89. The number of hydrogen-bond acceptors (Lipinski definition) is 4. The van der Waals surface area contributed by atoms with Gasteiger partial charge in [0.15, 0.2) is 0 Å². The van der Waals surface area contributed by atoms with Crippen LogP contribution in [0.1, 0.15) is 30.0 Å². The summed E-state index contributed by atoms with van der Waals surface area (Å²) in [5.74, 6) is 0.215. The maximum Gasteiger partial charge on any atom is 0.123 e. The average Bonchev–Trinajstić information content (AvgIpc) is 3.17. The van der Waals surface area contributed by atoms with Gasteiger partial charge in [-0.15, -0.1) is 0 Å². The average molecular weight is 384 g/mol. The molecule has 4 nitrogen and oxygen atoms in total. The predicted octanol–water partition coefficient (Wildman–Crippen LogP) is 2.91. The number of nitrogens with one attached hydrogen (secondary N) is 2. The molecule has 2 saturated heterocycles. The van der Waals surface area contributed by atoms with Crippen LogP contribution in [0.5, 0.6) is 0 Å². The van der Waals surface area contributed by atoms with Crippen LogP contribution in [0.3, 0.4) is 0 Å². The van der Waals surface area contributed by atoms with E-state index in [0.717, 1.165) is 51.0 Å². The topological polar surface area (TPSA) is 47.5 Å². The Bertz CT molecular complexity index is 754. The van der Waals surface area contributed by atoms with E-state index < -0.39 is 0 Å². The summed E-state index contributed by atoms with van der Waals surface area (Å²) >= 11 is 0. The van der Waals surface area contributed by atoms with Gasteiger partial charge in [0.1, 0.15) is 5.82 Å². The molecule has 2 fully saturated rings. The van der Waals surface area contributed by atoms with Crippen molar-refractivity contribution in [2.45, 2.75) is 25.3 Å². The summed E-state index contributed by atoms with van der Waals surface area (Å²) in [7, 11) is 0. The molecule has 28 heavy (non-hydrogen) atoms. The molecule has 0 amide bonds. The SMILES string of the molecule is OCC1(Cc2ccccc2)CCCN(CC2CNNC2c2ccc(F)cc2)C1. The van der Waals surface area contributed by atoms with E-state index in [9.17, 15) is 9.50 Å². The van der Waals surface area contributed by atoms with Gasteiger partial charge in [0.25, 0.3) is 0 Å². The molecule has 0 radical (unpaired) electrons. The van der Waals surface area contributed by atoms with Crippen LogP contribution in [-0.4, -0.2) is 42.8 Å². The number of benzene rings is 2. The zero-order chi connectivity index (χ0) is 19.4. The Morgan fingerprint density at radius 3 is 2.64 bits per heavy atom. The van der Waals surface area contributed by atoms with E-state index in [-0.39, 0.29) is 23.9 Å². The minimum Gasteiger partial charge on any atom is -0.396 e. The largest absolute Gasteiger partial charge is 0.396 e. The molecule has 2 aliphatic heterocycles. The lowest BCUT2D eigenvalue weighted by molar-refractivity contribution is 0.0255. The highest BCUT2D eigenvalue weighted by Gasteiger charge is 2.37. The molecule has 2 heterocycles. The van der Waals surface area contributed by atoms with Crippen LogP contribution in [0.25, 0.3) is 0 Å². The molecule has 4 rings (SSSR count). The molecule has 0 saturated carbocycles. The number of hydrogen-bond donors (Lipinski definition) is 3. The molecular weight excluding hydrogens is 353 g/mol. The molecule has 150 valence electrons. The number of aliphatic hydroxyl groups is 1. The predicted molar refractivity (Wildman–Crippen MR) is 109 cm³/mol. The molecule has 3 atom stereocenters. The van der Waals surface area contributed by atoms with Crippen LogP contribution in [0.2, 0.25) is 0 Å². The summed E-state index contributed by atoms with van der Waals surface area (Å²) in [4.78, 5) is 2.51. The second kappa shape index (κ2) is 8.70. The van der Waals surface area contributed by atoms with Gasteiger partial charge < -0.3 is 10.0 Å². The zero-order valence-corrected chi connectivity index (χ0v) is 16.3. The number of nitrogens with zero attached hydrogens (tertiary/aromatic N) is 1. The third-order valence-corrected chi connectivity index (χ3v) is 6.31. The van der Waals surface area contributed by atoms with Crippen molar-refractivity contribution in [1.29, 1.82) is 0 Å². The van der Waals surface area contributed by atoms with Crippen LogP contribution in [0, 0.1) is 17.2 Å². The minimum atomic E-state index is -0.198. The lowest BCUT2D eigenvalue weighted by atomic mass is 9.75. The first-order valence-electron chi connectivity index (χ1n) is 10.3. The van der Waals surface area contributed by atoms with Gasteiger partial charge in [-0.25, -0.2) is 9.82 Å². The van der Waals surface area contributed by atoms with Gasteiger partial charge in [0, 0.05) is 31.0 Å². The van der Waals surface area contributed by atoms with Gasteiger partial charge in [0.2, 0.25) is 0 Å². The molecule has 0 bridgehead atoms. The van der Waals surface area contributed by atoms with Crippen LogP contribution < -0.4 is 10.9 Å². The first-order chi connectivity index (χ1) is 13.7. The number of likely N-dealkylation sites (tertiary alicyclic amines) is 1. The van der Waals surface area contributed by atoms with Crippen molar-refractivity contribution >= 4 is 0 Å². The first kappa shape index (κ1) is 19.5. The fourth-order valence-corrected chi connectivity index (χ4v) is 4.89. The number of hydrazine groups is 1. The van der Waals surface area contributed by atoms with Crippen LogP contribution in [0.4, 0.5) is 4.39 Å². The Labute approximate surface area is 166 Å². The molecule has 0 aromatic heterocycles. The third-order valence-electron chi connectivity index (χ3n) is 6.31. The Morgan fingerprint density at radius 1 is 1.11 bits per heavy atom. The van der Waals surface area contributed by atoms with E-state index in [1.54, 1.807) is 0 Å². The lowest BCUT2D eigenvalue weighted by Crippen LogP contribution is -2.48. The maximum atomic E-state index is 13.3. The van der Waals surface area contributed by atoms with Gasteiger partial charge in [-0.05, 0) is 49.1 Å². The second-order valence-electron chi connectivity index (χ2n) is 8.47. The third kappa shape index (κ3) is 4.44. The van der Waals surface area contributed by atoms with Crippen molar-refractivity contribution < 1.29 is 9.50 Å². The van der Waals surface area contributed by atoms with Gasteiger partial charge in [-0.1, -0.05) is 42.5 Å². The number of halogens is 1. The highest BCUT2D eigenvalue weighted by atomic mass is 19.1. The molecular formula is C23H30FN3O. The van der Waals surface area contributed by atoms with Crippen molar-refractivity contribution in [1.82, 2.24) is 15.8 Å². The molecule has 2 aromatic rings. The quantitative estimate of drug-likeness (QED) is 0.718. The van der Waals surface area contributed by atoms with E-state index in [1.165, 1.54) is 17.7 Å². The van der Waals surface area contributed by atoms with Crippen molar-refractivity contribution in [3.05, 3.63) is 71.5 Å². The molecule has 2 aromatic carbocycles. The van der Waals surface area contributed by atoms with Crippen LogP contribution in [-0.2, 0) is 6.42 Å². The van der Waals surface area contributed by atoms with Gasteiger partial charge >= 0.3 is 0 Å². The first-order valence-corrected chi connectivity index (χ1v) is 10.3. The van der Waals surface area contributed by atoms with Crippen molar-refractivity contribution in [3.8, 4) is 0 Å². The fraction of sp³-hybridized carbons (Fsp3) is 0.478. The standard InChI is InChI=1S/C23H30FN3O/c24-21-9-7-19(8-10-21)22-20(14-25-26-22)15-27-12-4-11-23(16-27,17-28)13-18-5-2-1-3-6-18/h1-3,5-10,20,22,25-26,28H,4,11-17H2. The Kier molecular flexibility index (Phi) is 6.07. The Hall–Kier alpha value is -1.79. The van der Waals surface area contributed by atoms with E-state index in [0.29, 0.717) is 5.92 Å². The van der Waals surface area contributed by atoms with Crippen LogP contribution >= 0.6 is 0 Å². The van der Waals surface area contributed by atoms with Crippen LogP contribution in [0.15, 0.2) is 54.6 Å². The molecule has 3 unspecified atom stereocenters. The summed E-state index contributed by atoms with van der Waals surface area (Å²) in [6, 6.07) is 17.5. The molecule has 0 spiro atoms. The van der Waals surface area contributed by atoms with Crippen molar-refractivity contribution in [2.75, 3.05) is 32.8 Å². The monoisotopic (exact) mass is 383 g/mol. The highest BCUT2D eigenvalue weighted by molar-refractivity contribution is 5.22. The number of aliphatic hydroxyl groups excluding tert-OH is 1. The van der Waals surface area contributed by atoms with E-state index >= 15 is 0 Å². The Balaban J connectivity index is 1.43. The summed E-state index contributed by atoms with van der Waals surface area (Å²) in [6.45, 7) is 4.08. The summed E-state index contributed by atoms with van der Waals surface area (Å²) in [5, 5.41) is 10.3. The number of rotatable bonds is 6. The zero-order valence-electron chi connectivity index (χ0n) is 16.3. The molecule has 5 heteroatoms. The van der Waals surface area contributed by atoms with E-state index in [4.69, 9.17) is 0 Å². The molecule has 3 N–H and O–H groups in total. The summed E-state index contributed by atoms with van der Waals surface area (Å²) in [6.07, 6.45) is 3.10. The number of piperidine rings is 1. The summed E-state index contributed by atoms with van der Waals surface area (Å²) < 4.78 is 13.3. The second-order valence-corrected chi connectivity index (χ2v) is 8.47. The Morgan fingerprint density at radius 2 is 1.89 bits per heavy atom. The minimum absolute atomic E-state index is 0.0650. The van der Waals surface area contributed by atoms with Gasteiger partial charge in [0.05, 0.1) is 12.6 Å². The molecule has 0 aliphatic carbocycles. The molecule has 2 aliphatic rings. The summed E-state index contributed by atoms with van der Waals surface area (Å²) in [5.41, 5.74) is 8.99. The van der Waals surface area contributed by atoms with E-state index in [2.05, 4.69) is 40.0 Å². The highest BCUT2D eigenvalue weighted by Crippen LogP contribution is 2.35. The maximum absolute atomic E-state index is 13.3. The van der Waals surface area contributed by atoms with Crippen molar-refractivity contribution in [2.24, 2.45) is 11.3 Å². The van der Waals surface area contributed by atoms with Gasteiger partial charge in [-0.3, -0.25) is 5.43 Å². The normalized spacial score (nSPS) is 28.5. The lowest BCUT2D eigenvalue weighted by Gasteiger charge is -2.43.